The van der Waals surface area contributed by atoms with Crippen LogP contribution in [-0.4, -0.2) is 13.1 Å². The van der Waals surface area contributed by atoms with Crippen LogP contribution in [0.4, 0.5) is 17.1 Å². The molecule has 0 heterocycles. The van der Waals surface area contributed by atoms with Gasteiger partial charge in [-0.1, -0.05) is 34.8 Å². The van der Waals surface area contributed by atoms with Gasteiger partial charge in [-0.25, -0.2) is 4.79 Å². The van der Waals surface area contributed by atoms with Gasteiger partial charge in [-0.3, -0.25) is 0 Å². The van der Waals surface area contributed by atoms with Crippen LogP contribution < -0.4 is 11.1 Å². The molecule has 0 saturated carbocycles. The van der Waals surface area contributed by atoms with E-state index in [1.54, 1.807) is 18.2 Å². The van der Waals surface area contributed by atoms with Gasteiger partial charge >= 0.3 is 5.97 Å². The highest BCUT2D eigenvalue weighted by atomic mass is 35.5. The molecule has 0 unspecified atom stereocenters. The van der Waals surface area contributed by atoms with E-state index in [2.05, 4.69) is 5.32 Å². The molecule has 4 nitrogen and oxygen atoms in total. The largest absolute Gasteiger partial charge is 0.465 e. The van der Waals surface area contributed by atoms with Crippen molar-refractivity contribution in [3.05, 3.63) is 51.0 Å². The summed E-state index contributed by atoms with van der Waals surface area (Å²) in [6, 6.07) is 7.93. The number of esters is 1. The van der Waals surface area contributed by atoms with Crippen LogP contribution >= 0.6 is 34.8 Å². The summed E-state index contributed by atoms with van der Waals surface area (Å²) in [4.78, 5) is 11.8. The first-order chi connectivity index (χ1) is 9.92. The third-order valence-corrected chi connectivity index (χ3v) is 3.55. The average Bonchev–Trinajstić information content (AvgIpc) is 2.42. The molecule has 3 N–H and O–H groups in total. The Morgan fingerprint density at radius 2 is 1.86 bits per heavy atom. The number of nitrogens with two attached hydrogens (primary N) is 1. The van der Waals surface area contributed by atoms with Crippen molar-refractivity contribution in [3.63, 3.8) is 0 Å². The molecule has 7 heteroatoms. The van der Waals surface area contributed by atoms with Gasteiger partial charge in [0.05, 0.1) is 34.1 Å². The number of carbonyl (C=O) groups excluding carboxylic acids is 1. The standard InChI is InChI=1S/C14H11Cl3N2O2/c1-21-14(20)9-5-8(18)6-11(17)13(9)19-12-3-2-7(15)4-10(12)16/h2-6,19H,18H2,1H3. The molecule has 2 rings (SSSR count). The number of hydrogen-bond acceptors (Lipinski definition) is 4. The van der Waals surface area contributed by atoms with Crippen LogP contribution in [0.5, 0.6) is 0 Å². The number of nitrogens with one attached hydrogen (secondary N) is 1. The molecular weight excluding hydrogens is 335 g/mol. The van der Waals surface area contributed by atoms with Gasteiger partial charge in [-0.05, 0) is 30.3 Å². The lowest BCUT2D eigenvalue weighted by Crippen LogP contribution is -2.07. The van der Waals surface area contributed by atoms with E-state index in [0.29, 0.717) is 27.1 Å². The van der Waals surface area contributed by atoms with E-state index in [4.69, 9.17) is 45.3 Å². The van der Waals surface area contributed by atoms with E-state index in [-0.39, 0.29) is 10.6 Å². The Hall–Kier alpha value is -1.62. The lowest BCUT2D eigenvalue weighted by molar-refractivity contribution is 0.0602. The van der Waals surface area contributed by atoms with Crippen molar-refractivity contribution in [2.75, 3.05) is 18.2 Å². The molecule has 0 amide bonds. The van der Waals surface area contributed by atoms with Gasteiger partial charge in [0.2, 0.25) is 0 Å². The molecule has 0 aliphatic carbocycles. The van der Waals surface area contributed by atoms with Crippen molar-refractivity contribution >= 4 is 57.8 Å². The number of ether oxygens (including phenoxy) is 1. The van der Waals surface area contributed by atoms with Crippen LogP contribution in [0.3, 0.4) is 0 Å². The second kappa shape index (κ2) is 6.43. The highest BCUT2D eigenvalue weighted by Crippen LogP contribution is 2.35. The van der Waals surface area contributed by atoms with E-state index < -0.39 is 5.97 Å². The molecule has 0 bridgehead atoms. The Labute approximate surface area is 136 Å². The third-order valence-electron chi connectivity index (χ3n) is 2.71. The summed E-state index contributed by atoms with van der Waals surface area (Å²) in [6.07, 6.45) is 0. The fraction of sp³-hybridized carbons (Fsp3) is 0.0714. The second-order valence-electron chi connectivity index (χ2n) is 4.17. The van der Waals surface area contributed by atoms with Gasteiger partial charge in [0, 0.05) is 10.7 Å². The predicted molar refractivity (Wildman–Crippen MR) is 86.9 cm³/mol. The molecule has 0 spiro atoms. The SMILES string of the molecule is COC(=O)c1cc(N)cc(Cl)c1Nc1ccc(Cl)cc1Cl. The van der Waals surface area contributed by atoms with Crippen LogP contribution in [0.25, 0.3) is 0 Å². The van der Waals surface area contributed by atoms with Gasteiger partial charge in [-0.2, -0.15) is 0 Å². The number of methoxy groups -OCH3 is 1. The number of nitrogen functional groups attached to an aromatic ring is 1. The number of rotatable bonds is 3. The van der Waals surface area contributed by atoms with Crippen molar-refractivity contribution in [3.8, 4) is 0 Å². The monoisotopic (exact) mass is 344 g/mol. The zero-order valence-corrected chi connectivity index (χ0v) is 13.2. The number of carbonyl (C=O) groups is 1. The quantitative estimate of drug-likeness (QED) is 0.622. The summed E-state index contributed by atoms with van der Waals surface area (Å²) in [7, 11) is 1.28. The Balaban J connectivity index is 2.50. The first-order valence-electron chi connectivity index (χ1n) is 5.81. The maximum absolute atomic E-state index is 11.8. The molecule has 0 aliphatic heterocycles. The Morgan fingerprint density at radius 3 is 2.48 bits per heavy atom. The molecular formula is C14H11Cl3N2O2. The van der Waals surface area contributed by atoms with Crippen LogP contribution in [0.2, 0.25) is 15.1 Å². The molecule has 0 aromatic heterocycles. The van der Waals surface area contributed by atoms with Crippen LogP contribution in [0, 0.1) is 0 Å². The summed E-state index contributed by atoms with van der Waals surface area (Å²) in [5, 5.41) is 4.18. The molecule has 110 valence electrons. The van der Waals surface area contributed by atoms with Crippen LogP contribution in [0.15, 0.2) is 30.3 Å². The third kappa shape index (κ3) is 3.53. The molecule has 0 fully saturated rings. The minimum absolute atomic E-state index is 0.216. The molecule has 0 radical (unpaired) electrons. The van der Waals surface area contributed by atoms with E-state index in [9.17, 15) is 4.79 Å². The predicted octanol–water partition coefficient (Wildman–Crippen LogP) is 4.76. The number of benzene rings is 2. The smallest absolute Gasteiger partial charge is 0.340 e. The summed E-state index contributed by atoms with van der Waals surface area (Å²) in [5.74, 6) is -0.559. The molecule has 2 aromatic rings. The van der Waals surface area contributed by atoms with E-state index in [1.807, 2.05) is 0 Å². The lowest BCUT2D eigenvalue weighted by Gasteiger charge is -2.14. The van der Waals surface area contributed by atoms with Crippen LogP contribution in [-0.2, 0) is 4.74 Å². The number of halogens is 3. The lowest BCUT2D eigenvalue weighted by atomic mass is 10.1. The van der Waals surface area contributed by atoms with Gasteiger partial charge in [0.15, 0.2) is 0 Å². The van der Waals surface area contributed by atoms with E-state index in [1.165, 1.54) is 19.2 Å². The maximum atomic E-state index is 11.8. The minimum atomic E-state index is -0.559. The Bertz CT molecular complexity index is 705. The van der Waals surface area contributed by atoms with Gasteiger partial charge in [-0.15, -0.1) is 0 Å². The minimum Gasteiger partial charge on any atom is -0.465 e. The molecule has 21 heavy (non-hydrogen) atoms. The van der Waals surface area contributed by atoms with E-state index in [0.717, 1.165) is 0 Å². The molecule has 0 saturated heterocycles. The fourth-order valence-electron chi connectivity index (χ4n) is 1.75. The van der Waals surface area contributed by atoms with Gasteiger partial charge < -0.3 is 15.8 Å². The zero-order chi connectivity index (χ0) is 15.6. The first-order valence-corrected chi connectivity index (χ1v) is 6.95. The number of hydrogen-bond donors (Lipinski definition) is 2. The van der Waals surface area contributed by atoms with Crippen molar-refractivity contribution in [2.24, 2.45) is 0 Å². The van der Waals surface area contributed by atoms with Gasteiger partial charge in [0.1, 0.15) is 0 Å². The van der Waals surface area contributed by atoms with E-state index >= 15 is 0 Å². The van der Waals surface area contributed by atoms with Crippen molar-refractivity contribution in [1.82, 2.24) is 0 Å². The van der Waals surface area contributed by atoms with Crippen molar-refractivity contribution in [2.45, 2.75) is 0 Å². The zero-order valence-electron chi connectivity index (χ0n) is 10.9. The summed E-state index contributed by atoms with van der Waals surface area (Å²) < 4.78 is 4.73. The van der Waals surface area contributed by atoms with Gasteiger partial charge in [0.25, 0.3) is 0 Å². The normalized spacial score (nSPS) is 10.3. The maximum Gasteiger partial charge on any atom is 0.340 e. The Kier molecular flexibility index (Phi) is 4.83. The van der Waals surface area contributed by atoms with Crippen molar-refractivity contribution in [1.29, 1.82) is 0 Å². The Morgan fingerprint density at radius 1 is 1.14 bits per heavy atom. The summed E-state index contributed by atoms with van der Waals surface area (Å²) in [5.41, 5.74) is 7.19. The average molecular weight is 346 g/mol. The molecule has 0 aliphatic rings. The second-order valence-corrected chi connectivity index (χ2v) is 5.42. The molecule has 2 aromatic carbocycles. The number of anilines is 3. The highest BCUT2D eigenvalue weighted by Gasteiger charge is 2.17. The first kappa shape index (κ1) is 15.8. The summed E-state index contributed by atoms with van der Waals surface area (Å²) >= 11 is 18.1. The van der Waals surface area contributed by atoms with Crippen molar-refractivity contribution < 1.29 is 9.53 Å². The fourth-order valence-corrected chi connectivity index (χ4v) is 2.48. The topological polar surface area (TPSA) is 64.3 Å². The van der Waals surface area contributed by atoms with Crippen LogP contribution in [0.1, 0.15) is 10.4 Å². The summed E-state index contributed by atoms with van der Waals surface area (Å²) in [6.45, 7) is 0. The molecule has 0 atom stereocenters. The highest BCUT2D eigenvalue weighted by molar-refractivity contribution is 6.37.